The molecule has 9 nitrogen and oxygen atoms in total. The van der Waals surface area contributed by atoms with Crippen LogP contribution < -0.4 is 15.8 Å². The summed E-state index contributed by atoms with van der Waals surface area (Å²) in [5, 5.41) is 6.80. The van der Waals surface area contributed by atoms with Crippen LogP contribution in [0, 0.1) is 12.7 Å². The van der Waals surface area contributed by atoms with Crippen LogP contribution >= 0.6 is 0 Å². The lowest BCUT2D eigenvalue weighted by atomic mass is 10.1. The van der Waals surface area contributed by atoms with Crippen LogP contribution in [0.15, 0.2) is 41.5 Å². The number of carbonyl (C=O) groups excluding carboxylic acids is 1. The Morgan fingerprint density at radius 2 is 1.94 bits per heavy atom. The number of hydrogen-bond acceptors (Lipinski definition) is 6. The van der Waals surface area contributed by atoms with E-state index in [2.05, 4.69) is 30.2 Å². The Hall–Kier alpha value is -3.79. The predicted molar refractivity (Wildman–Crippen MR) is 123 cm³/mol. The quantitative estimate of drug-likeness (QED) is 0.492. The van der Waals surface area contributed by atoms with Crippen LogP contribution in [0.3, 0.4) is 0 Å². The zero-order valence-corrected chi connectivity index (χ0v) is 18.4. The highest BCUT2D eigenvalue weighted by atomic mass is 19.1. The molecule has 1 aliphatic heterocycles. The summed E-state index contributed by atoms with van der Waals surface area (Å²) in [5.41, 5.74) is 3.42. The highest BCUT2D eigenvalue weighted by molar-refractivity contribution is 5.92. The van der Waals surface area contributed by atoms with Gasteiger partial charge in [-0.3, -0.25) is 14.5 Å². The topological polar surface area (TPSA) is 98.6 Å². The van der Waals surface area contributed by atoms with E-state index in [1.807, 2.05) is 6.07 Å². The number of aromatic nitrogens is 4. The van der Waals surface area contributed by atoms with Crippen LogP contribution in [0.4, 0.5) is 10.1 Å². The van der Waals surface area contributed by atoms with Crippen LogP contribution in [-0.4, -0.2) is 63.6 Å². The van der Waals surface area contributed by atoms with Gasteiger partial charge in [-0.25, -0.2) is 13.9 Å². The summed E-state index contributed by atoms with van der Waals surface area (Å²) in [6, 6.07) is 7.17. The van der Waals surface area contributed by atoms with Crippen LogP contribution in [0.2, 0.25) is 0 Å². The highest BCUT2D eigenvalue weighted by Gasteiger charge is 2.21. The number of H-pyrrole nitrogens is 1. The van der Waals surface area contributed by atoms with Crippen molar-refractivity contribution >= 4 is 28.1 Å². The van der Waals surface area contributed by atoms with Gasteiger partial charge < -0.3 is 15.2 Å². The molecule has 1 aliphatic rings. The summed E-state index contributed by atoms with van der Waals surface area (Å²) in [4.78, 5) is 35.4. The van der Waals surface area contributed by atoms with Crippen molar-refractivity contribution in [1.82, 2.24) is 29.8 Å². The summed E-state index contributed by atoms with van der Waals surface area (Å²) < 4.78 is 16.8. The summed E-state index contributed by atoms with van der Waals surface area (Å²) in [5.74, 6) is -0.635. The van der Waals surface area contributed by atoms with Gasteiger partial charge in [0.25, 0.3) is 11.5 Å². The third-order valence-electron chi connectivity index (χ3n) is 6.17. The number of halogens is 1. The fraction of sp³-hybridized carbons (Fsp3) is 0.304. The minimum atomic E-state index is -0.420. The average molecular weight is 449 g/mol. The normalized spacial score (nSPS) is 14.8. The molecule has 5 rings (SSSR count). The van der Waals surface area contributed by atoms with E-state index in [1.165, 1.54) is 4.52 Å². The second kappa shape index (κ2) is 8.28. The number of aromatic amines is 1. The number of fused-ring (bicyclic) bond motifs is 3. The first-order valence-electron chi connectivity index (χ1n) is 10.8. The van der Waals surface area contributed by atoms with Crippen molar-refractivity contribution in [2.45, 2.75) is 13.5 Å². The van der Waals surface area contributed by atoms with Crippen LogP contribution in [-0.2, 0) is 6.54 Å². The van der Waals surface area contributed by atoms with Gasteiger partial charge in [0.15, 0.2) is 5.82 Å². The van der Waals surface area contributed by atoms with Crippen molar-refractivity contribution in [2.24, 2.45) is 0 Å². The van der Waals surface area contributed by atoms with Gasteiger partial charge in [-0.15, -0.1) is 0 Å². The summed E-state index contributed by atoms with van der Waals surface area (Å²) in [7, 11) is 1.58. The average Bonchev–Trinajstić information content (AvgIpc) is 3.24. The lowest BCUT2D eigenvalue weighted by molar-refractivity contribution is 0.0958. The van der Waals surface area contributed by atoms with Crippen molar-refractivity contribution < 1.29 is 9.18 Å². The Bertz CT molecular complexity index is 1400. The van der Waals surface area contributed by atoms with Crippen molar-refractivity contribution in [3.8, 4) is 0 Å². The maximum absolute atomic E-state index is 15.3. The molecule has 1 saturated heterocycles. The molecule has 0 aliphatic carbocycles. The van der Waals surface area contributed by atoms with E-state index in [9.17, 15) is 9.59 Å². The SMILES string of the molecule is CNC(=O)c1ccc(N2CCN(Cc3ccc4c([nH]c(=O)c5c(C)cnn54)c3F)CC2)cn1. The molecule has 4 aromatic rings. The predicted octanol–water partition coefficient (Wildman–Crippen LogP) is 1.70. The zero-order chi connectivity index (χ0) is 23.1. The van der Waals surface area contributed by atoms with Crippen molar-refractivity contribution in [2.75, 3.05) is 38.1 Å². The van der Waals surface area contributed by atoms with E-state index in [1.54, 1.807) is 44.6 Å². The second-order valence-electron chi connectivity index (χ2n) is 8.22. The number of rotatable bonds is 4. The minimum Gasteiger partial charge on any atom is -0.368 e. The van der Waals surface area contributed by atoms with Gasteiger partial charge in [0, 0.05) is 50.9 Å². The third-order valence-corrected chi connectivity index (χ3v) is 6.17. The number of hydrogen-bond donors (Lipinski definition) is 2. The number of anilines is 1. The van der Waals surface area contributed by atoms with Gasteiger partial charge >= 0.3 is 0 Å². The molecule has 0 radical (unpaired) electrons. The highest BCUT2D eigenvalue weighted by Crippen LogP contribution is 2.22. The molecule has 2 N–H and O–H groups in total. The molecule has 170 valence electrons. The lowest BCUT2D eigenvalue weighted by Gasteiger charge is -2.36. The maximum atomic E-state index is 15.3. The molecule has 0 spiro atoms. The van der Waals surface area contributed by atoms with E-state index >= 15 is 4.39 Å². The Morgan fingerprint density at radius 3 is 2.64 bits per heavy atom. The minimum absolute atomic E-state index is 0.175. The third kappa shape index (κ3) is 3.72. The molecule has 4 heterocycles. The van der Waals surface area contributed by atoms with Crippen LogP contribution in [0.5, 0.6) is 0 Å². The molecule has 0 bridgehead atoms. The van der Waals surface area contributed by atoms with Crippen LogP contribution in [0.1, 0.15) is 21.6 Å². The first-order chi connectivity index (χ1) is 16.0. The van der Waals surface area contributed by atoms with Crippen molar-refractivity contribution in [3.05, 3.63) is 69.7 Å². The zero-order valence-electron chi connectivity index (χ0n) is 18.4. The van der Waals surface area contributed by atoms with Crippen molar-refractivity contribution in [1.29, 1.82) is 0 Å². The summed E-state index contributed by atoms with van der Waals surface area (Å²) >= 11 is 0. The fourth-order valence-electron chi connectivity index (χ4n) is 4.33. The summed E-state index contributed by atoms with van der Waals surface area (Å²) in [6.07, 6.45) is 3.31. The van der Waals surface area contributed by atoms with Gasteiger partial charge in [-0.1, -0.05) is 6.07 Å². The molecule has 1 amide bonds. The van der Waals surface area contributed by atoms with E-state index in [0.29, 0.717) is 28.8 Å². The maximum Gasteiger partial charge on any atom is 0.274 e. The molecule has 0 saturated carbocycles. The molecule has 10 heteroatoms. The molecular weight excluding hydrogens is 425 g/mol. The first-order valence-corrected chi connectivity index (χ1v) is 10.8. The summed E-state index contributed by atoms with van der Waals surface area (Å²) in [6.45, 7) is 5.29. The molecule has 0 unspecified atom stereocenters. The Kier molecular flexibility index (Phi) is 5.29. The molecule has 0 atom stereocenters. The smallest absolute Gasteiger partial charge is 0.274 e. The Balaban J connectivity index is 1.31. The number of pyridine rings is 1. The Morgan fingerprint density at radius 1 is 1.15 bits per heavy atom. The number of nitrogens with one attached hydrogen (secondary N) is 2. The second-order valence-corrected chi connectivity index (χ2v) is 8.22. The largest absolute Gasteiger partial charge is 0.368 e. The molecular formula is C23H24FN7O2. The molecule has 3 aromatic heterocycles. The monoisotopic (exact) mass is 449 g/mol. The molecule has 33 heavy (non-hydrogen) atoms. The van der Waals surface area contributed by atoms with E-state index in [4.69, 9.17) is 0 Å². The number of benzene rings is 1. The number of nitrogens with zero attached hydrogens (tertiary/aromatic N) is 5. The van der Waals surface area contributed by atoms with Gasteiger partial charge in [0.1, 0.15) is 16.7 Å². The van der Waals surface area contributed by atoms with E-state index < -0.39 is 5.82 Å². The van der Waals surface area contributed by atoms with E-state index in [0.717, 1.165) is 37.4 Å². The molecule has 1 aromatic carbocycles. The fourth-order valence-corrected chi connectivity index (χ4v) is 4.33. The first kappa shape index (κ1) is 21.1. The number of amides is 1. The van der Waals surface area contributed by atoms with Crippen molar-refractivity contribution in [3.63, 3.8) is 0 Å². The lowest BCUT2D eigenvalue weighted by Crippen LogP contribution is -2.46. The van der Waals surface area contributed by atoms with Gasteiger partial charge in [0.05, 0.1) is 23.6 Å². The number of piperazine rings is 1. The standard InChI is InChI=1S/C23H24FN7O2/c1-14-11-27-31-18-6-3-15(19(24)20(18)28-23(33)21(14)31)13-29-7-9-30(10-8-29)16-4-5-17(26-12-16)22(32)25-2/h3-6,11-12H,7-10,13H2,1-2H3,(H,25,32)(H,28,33). The van der Waals surface area contributed by atoms with Gasteiger partial charge in [-0.2, -0.15) is 5.10 Å². The number of aryl methyl sites for hydroxylation is 1. The van der Waals surface area contributed by atoms with Crippen LogP contribution in [0.25, 0.3) is 16.6 Å². The van der Waals surface area contributed by atoms with Gasteiger partial charge in [-0.05, 0) is 25.1 Å². The number of carbonyl (C=O) groups is 1. The molecule has 1 fully saturated rings. The Labute approximate surface area is 188 Å². The van der Waals surface area contributed by atoms with E-state index in [-0.39, 0.29) is 17.0 Å². The van der Waals surface area contributed by atoms with Gasteiger partial charge in [0.2, 0.25) is 0 Å².